The molecule has 0 saturated carbocycles. The summed E-state index contributed by atoms with van der Waals surface area (Å²) in [5, 5.41) is 0. The zero-order valence-corrected chi connectivity index (χ0v) is 8.94. The number of benzene rings is 1. The first-order valence-corrected chi connectivity index (χ1v) is 5.37. The molecule has 2 aromatic rings. The third-order valence-corrected chi connectivity index (χ3v) is 2.90. The predicted molar refractivity (Wildman–Crippen MR) is 58.9 cm³/mol. The second kappa shape index (κ2) is 4.49. The quantitative estimate of drug-likeness (QED) is 0.770. The lowest BCUT2D eigenvalue weighted by Crippen LogP contribution is -1.91. The Bertz CT molecular complexity index is 397. The van der Waals surface area contributed by atoms with Crippen LogP contribution in [0.15, 0.2) is 36.4 Å². The van der Waals surface area contributed by atoms with Crippen molar-refractivity contribution in [3.63, 3.8) is 0 Å². The Morgan fingerprint density at radius 3 is 2.64 bits per heavy atom. The van der Waals surface area contributed by atoms with Crippen LogP contribution in [0.3, 0.4) is 0 Å². The number of hydrogen-bond donors (Lipinski definition) is 0. The Morgan fingerprint density at radius 2 is 2.00 bits per heavy atom. The second-order valence-electron chi connectivity index (χ2n) is 2.73. The van der Waals surface area contributed by atoms with Crippen molar-refractivity contribution in [3.8, 4) is 5.75 Å². The smallest absolute Gasteiger partial charge is 0.122 e. The maximum Gasteiger partial charge on any atom is 0.122 e. The van der Waals surface area contributed by atoms with Crippen LogP contribution < -0.4 is 4.74 Å². The van der Waals surface area contributed by atoms with E-state index in [4.69, 9.17) is 16.3 Å². The van der Waals surface area contributed by atoms with E-state index in [9.17, 15) is 0 Å². The standard InChI is InChI=1S/C11H8ClOS/c12-11-7-6-10(14-11)8-13-9-4-2-1-3-5-9/h2-7H,8H2. The van der Waals surface area contributed by atoms with Gasteiger partial charge in [-0.3, -0.25) is 0 Å². The highest BCUT2D eigenvalue weighted by Crippen LogP contribution is 2.22. The van der Waals surface area contributed by atoms with Crippen molar-refractivity contribution in [2.45, 2.75) is 6.61 Å². The largest absolute Gasteiger partial charge is 0.488 e. The number of rotatable bonds is 3. The topological polar surface area (TPSA) is 9.23 Å². The van der Waals surface area contributed by atoms with Crippen molar-refractivity contribution in [1.82, 2.24) is 0 Å². The molecule has 0 amide bonds. The van der Waals surface area contributed by atoms with Gasteiger partial charge in [-0.05, 0) is 30.3 Å². The van der Waals surface area contributed by atoms with Crippen LogP contribution in [-0.2, 0) is 6.61 Å². The van der Waals surface area contributed by atoms with Gasteiger partial charge in [-0.25, -0.2) is 0 Å². The summed E-state index contributed by atoms with van der Waals surface area (Å²) < 4.78 is 6.33. The molecule has 2 rings (SSSR count). The maximum absolute atomic E-state index is 5.80. The van der Waals surface area contributed by atoms with E-state index in [1.54, 1.807) is 0 Å². The van der Waals surface area contributed by atoms with Crippen LogP contribution in [0, 0.1) is 6.07 Å². The van der Waals surface area contributed by atoms with E-state index < -0.39 is 0 Å². The van der Waals surface area contributed by atoms with Crippen LogP contribution in [0.5, 0.6) is 5.75 Å². The van der Waals surface area contributed by atoms with Crippen molar-refractivity contribution in [2.75, 3.05) is 0 Å². The molecule has 1 nitrogen and oxygen atoms in total. The van der Waals surface area contributed by atoms with Gasteiger partial charge in [0, 0.05) is 4.88 Å². The molecule has 0 saturated heterocycles. The SMILES string of the molecule is Clc1ccc(COc2cc[c]cc2)s1. The molecule has 0 fully saturated rings. The summed E-state index contributed by atoms with van der Waals surface area (Å²) >= 11 is 7.34. The summed E-state index contributed by atoms with van der Waals surface area (Å²) in [4.78, 5) is 1.13. The molecular weight excluding hydrogens is 216 g/mol. The van der Waals surface area contributed by atoms with Gasteiger partial charge >= 0.3 is 0 Å². The highest BCUT2D eigenvalue weighted by Gasteiger charge is 1.98. The van der Waals surface area contributed by atoms with Gasteiger partial charge in [0.25, 0.3) is 0 Å². The van der Waals surface area contributed by atoms with Crippen LogP contribution in [-0.4, -0.2) is 0 Å². The van der Waals surface area contributed by atoms with E-state index in [1.807, 2.05) is 36.4 Å². The fourth-order valence-electron chi connectivity index (χ4n) is 1.05. The van der Waals surface area contributed by atoms with Gasteiger partial charge in [0.2, 0.25) is 0 Å². The van der Waals surface area contributed by atoms with E-state index in [0.717, 1.165) is 15.0 Å². The predicted octanol–water partition coefficient (Wildman–Crippen LogP) is 3.78. The van der Waals surface area contributed by atoms with Crippen LogP contribution in [0.4, 0.5) is 0 Å². The minimum absolute atomic E-state index is 0.571. The first-order chi connectivity index (χ1) is 6.84. The molecule has 0 unspecified atom stereocenters. The Balaban J connectivity index is 1.95. The molecule has 0 N–H and O–H groups in total. The monoisotopic (exact) mass is 223 g/mol. The average molecular weight is 224 g/mol. The zero-order valence-electron chi connectivity index (χ0n) is 7.37. The summed E-state index contributed by atoms with van der Waals surface area (Å²) in [6, 6.07) is 14.2. The number of hydrogen-bond acceptors (Lipinski definition) is 2. The van der Waals surface area contributed by atoms with Crippen molar-refractivity contribution in [3.05, 3.63) is 51.7 Å². The summed E-state index contributed by atoms with van der Waals surface area (Å²) in [5.74, 6) is 0.855. The normalized spacial score (nSPS) is 10.1. The Labute approximate surface area is 91.9 Å². The number of halogens is 1. The lowest BCUT2D eigenvalue weighted by Gasteiger charge is -2.02. The molecule has 0 atom stereocenters. The average Bonchev–Trinajstić information content (AvgIpc) is 2.63. The van der Waals surface area contributed by atoms with Crippen molar-refractivity contribution < 1.29 is 4.74 Å². The molecule has 3 heteroatoms. The van der Waals surface area contributed by atoms with Gasteiger partial charge in [0.15, 0.2) is 0 Å². The lowest BCUT2D eigenvalue weighted by molar-refractivity contribution is 0.310. The van der Waals surface area contributed by atoms with E-state index in [1.165, 1.54) is 11.3 Å². The molecule has 1 radical (unpaired) electrons. The summed E-state index contributed by atoms with van der Waals surface area (Å²) in [7, 11) is 0. The lowest BCUT2D eigenvalue weighted by atomic mass is 10.3. The first kappa shape index (κ1) is 9.56. The van der Waals surface area contributed by atoms with E-state index in [-0.39, 0.29) is 0 Å². The molecule has 0 bridgehead atoms. The second-order valence-corrected chi connectivity index (χ2v) is 4.53. The summed E-state index contributed by atoms with van der Waals surface area (Å²) in [5.41, 5.74) is 0. The molecule has 14 heavy (non-hydrogen) atoms. The maximum atomic E-state index is 5.80. The summed E-state index contributed by atoms with van der Waals surface area (Å²) in [6.45, 7) is 0.571. The minimum atomic E-state index is 0.571. The Kier molecular flexibility index (Phi) is 3.07. The van der Waals surface area contributed by atoms with Gasteiger partial charge in [-0.2, -0.15) is 0 Å². The highest BCUT2D eigenvalue weighted by atomic mass is 35.5. The van der Waals surface area contributed by atoms with Crippen molar-refractivity contribution in [1.29, 1.82) is 0 Å². The molecule has 0 aliphatic carbocycles. The molecule has 0 spiro atoms. The summed E-state index contributed by atoms with van der Waals surface area (Å²) in [6.07, 6.45) is 0. The fraction of sp³-hybridized carbons (Fsp3) is 0.0909. The highest BCUT2D eigenvalue weighted by molar-refractivity contribution is 7.16. The number of ether oxygens (including phenoxy) is 1. The molecule has 1 heterocycles. The van der Waals surface area contributed by atoms with Crippen LogP contribution in [0.1, 0.15) is 4.88 Å². The van der Waals surface area contributed by atoms with Gasteiger partial charge in [0.1, 0.15) is 12.4 Å². The molecule has 0 aliphatic rings. The van der Waals surface area contributed by atoms with Gasteiger partial charge in [-0.1, -0.05) is 23.7 Å². The van der Waals surface area contributed by atoms with Gasteiger partial charge in [-0.15, -0.1) is 11.3 Å². The third-order valence-electron chi connectivity index (χ3n) is 1.70. The van der Waals surface area contributed by atoms with E-state index >= 15 is 0 Å². The van der Waals surface area contributed by atoms with Crippen molar-refractivity contribution in [2.24, 2.45) is 0 Å². The number of thiophene rings is 1. The zero-order chi connectivity index (χ0) is 9.80. The van der Waals surface area contributed by atoms with Gasteiger partial charge < -0.3 is 4.74 Å². The molecule has 0 aliphatic heterocycles. The van der Waals surface area contributed by atoms with E-state index in [0.29, 0.717) is 6.61 Å². The minimum Gasteiger partial charge on any atom is -0.488 e. The van der Waals surface area contributed by atoms with Crippen LogP contribution in [0.25, 0.3) is 0 Å². The van der Waals surface area contributed by atoms with Crippen LogP contribution >= 0.6 is 22.9 Å². The van der Waals surface area contributed by atoms with Gasteiger partial charge in [0.05, 0.1) is 4.34 Å². The van der Waals surface area contributed by atoms with E-state index in [2.05, 4.69) is 6.07 Å². The molecule has 71 valence electrons. The Hall–Kier alpha value is -0.990. The first-order valence-electron chi connectivity index (χ1n) is 4.18. The van der Waals surface area contributed by atoms with Crippen LogP contribution in [0.2, 0.25) is 4.34 Å². The fourth-order valence-corrected chi connectivity index (χ4v) is 2.05. The molecular formula is C11H8ClOS. The molecule has 1 aromatic carbocycles. The molecule has 1 aromatic heterocycles. The Morgan fingerprint density at radius 1 is 1.21 bits per heavy atom. The third kappa shape index (κ3) is 2.50. The van der Waals surface area contributed by atoms with Crippen molar-refractivity contribution >= 4 is 22.9 Å².